The quantitative estimate of drug-likeness (QED) is 0.427. The molecule has 3 amide bonds. The molecule has 0 saturated carbocycles. The molecule has 0 aromatic carbocycles. The fourth-order valence-electron chi connectivity index (χ4n) is 0.943. The van der Waals surface area contributed by atoms with Gasteiger partial charge in [0.1, 0.15) is 6.54 Å². The molecule has 12 heavy (non-hydrogen) atoms. The van der Waals surface area contributed by atoms with Crippen molar-refractivity contribution in [3.05, 3.63) is 0 Å². The van der Waals surface area contributed by atoms with E-state index in [-0.39, 0.29) is 19.0 Å². The molecule has 1 aliphatic heterocycles. The second-order valence-electron chi connectivity index (χ2n) is 2.57. The molecule has 1 rings (SSSR count). The minimum absolute atomic E-state index is 0.0198. The SMILES string of the molecule is O=C1CN(CC(O)CO)C(=O)N1. The summed E-state index contributed by atoms with van der Waals surface area (Å²) < 4.78 is 0. The third kappa shape index (κ3) is 1.93. The zero-order chi connectivity index (χ0) is 9.14. The van der Waals surface area contributed by atoms with Gasteiger partial charge in [0.05, 0.1) is 19.3 Å². The van der Waals surface area contributed by atoms with Crippen molar-refractivity contribution in [1.29, 1.82) is 0 Å². The molecule has 1 unspecified atom stereocenters. The third-order valence-corrected chi connectivity index (χ3v) is 1.51. The van der Waals surface area contributed by atoms with Crippen LogP contribution in [-0.4, -0.2) is 52.9 Å². The number of β-amino-alcohol motifs (C(OH)–C–C–N with tert-alkyl or cyclic N) is 1. The van der Waals surface area contributed by atoms with E-state index in [0.717, 1.165) is 4.90 Å². The second kappa shape index (κ2) is 3.51. The second-order valence-corrected chi connectivity index (χ2v) is 2.57. The van der Waals surface area contributed by atoms with Crippen LogP contribution in [0.5, 0.6) is 0 Å². The molecule has 0 aromatic heterocycles. The number of nitrogens with zero attached hydrogens (tertiary/aromatic N) is 1. The number of hydrogen-bond donors (Lipinski definition) is 3. The van der Waals surface area contributed by atoms with Crippen LogP contribution in [-0.2, 0) is 4.79 Å². The van der Waals surface area contributed by atoms with Crippen molar-refractivity contribution in [3.8, 4) is 0 Å². The van der Waals surface area contributed by atoms with E-state index in [1.165, 1.54) is 0 Å². The summed E-state index contributed by atoms with van der Waals surface area (Å²) in [5, 5.41) is 19.4. The zero-order valence-electron chi connectivity index (χ0n) is 6.36. The van der Waals surface area contributed by atoms with Crippen LogP contribution in [0.1, 0.15) is 0 Å². The summed E-state index contributed by atoms with van der Waals surface area (Å²) in [6, 6.07) is -0.521. The van der Waals surface area contributed by atoms with Gasteiger partial charge in [-0.3, -0.25) is 10.1 Å². The molecule has 0 aromatic rings. The molecule has 1 aliphatic rings. The smallest absolute Gasteiger partial charge is 0.324 e. The van der Waals surface area contributed by atoms with Crippen LogP contribution < -0.4 is 5.32 Å². The lowest BCUT2D eigenvalue weighted by Gasteiger charge is -2.15. The van der Waals surface area contributed by atoms with E-state index < -0.39 is 18.7 Å². The molecule has 0 aliphatic carbocycles. The lowest BCUT2D eigenvalue weighted by molar-refractivity contribution is -0.118. The third-order valence-electron chi connectivity index (χ3n) is 1.51. The first-order chi connectivity index (χ1) is 5.63. The lowest BCUT2D eigenvalue weighted by atomic mass is 10.3. The maximum Gasteiger partial charge on any atom is 0.324 e. The van der Waals surface area contributed by atoms with Crippen LogP contribution in [0, 0.1) is 0 Å². The molecule has 0 spiro atoms. The molecule has 6 nitrogen and oxygen atoms in total. The number of imide groups is 1. The Morgan fingerprint density at radius 3 is 2.67 bits per heavy atom. The topological polar surface area (TPSA) is 89.9 Å². The maximum atomic E-state index is 10.8. The van der Waals surface area contributed by atoms with E-state index in [0.29, 0.717) is 0 Å². The summed E-state index contributed by atoms with van der Waals surface area (Å²) >= 11 is 0. The highest BCUT2D eigenvalue weighted by Crippen LogP contribution is 1.99. The van der Waals surface area contributed by atoms with Crippen molar-refractivity contribution >= 4 is 11.9 Å². The Balaban J connectivity index is 2.43. The monoisotopic (exact) mass is 174 g/mol. The first-order valence-corrected chi connectivity index (χ1v) is 3.51. The molecule has 1 fully saturated rings. The van der Waals surface area contributed by atoms with Crippen LogP contribution >= 0.6 is 0 Å². The number of hydrogen-bond acceptors (Lipinski definition) is 4. The molecule has 6 heteroatoms. The van der Waals surface area contributed by atoms with E-state index in [4.69, 9.17) is 10.2 Å². The summed E-state index contributed by atoms with van der Waals surface area (Å²) in [4.78, 5) is 22.6. The van der Waals surface area contributed by atoms with Crippen molar-refractivity contribution < 1.29 is 19.8 Å². The first-order valence-electron chi connectivity index (χ1n) is 3.51. The number of rotatable bonds is 3. The minimum Gasteiger partial charge on any atom is -0.394 e. The Morgan fingerprint density at radius 2 is 2.25 bits per heavy atom. The highest BCUT2D eigenvalue weighted by Gasteiger charge is 2.27. The number of nitrogens with one attached hydrogen (secondary N) is 1. The highest BCUT2D eigenvalue weighted by molar-refractivity contribution is 6.01. The number of urea groups is 1. The Labute approximate surface area is 68.8 Å². The zero-order valence-corrected chi connectivity index (χ0v) is 6.36. The summed E-state index contributed by atoms with van der Waals surface area (Å²) in [6.45, 7) is -0.484. The van der Waals surface area contributed by atoms with Crippen LogP contribution in [0.2, 0.25) is 0 Å². The van der Waals surface area contributed by atoms with Crippen molar-refractivity contribution in [3.63, 3.8) is 0 Å². The molecular formula is C6H10N2O4. The van der Waals surface area contributed by atoms with E-state index in [9.17, 15) is 9.59 Å². The van der Waals surface area contributed by atoms with Crippen LogP contribution in [0.25, 0.3) is 0 Å². The van der Waals surface area contributed by atoms with E-state index in [2.05, 4.69) is 5.32 Å². The fourth-order valence-corrected chi connectivity index (χ4v) is 0.943. The van der Waals surface area contributed by atoms with Gasteiger partial charge in [0.15, 0.2) is 0 Å². The molecule has 68 valence electrons. The molecule has 1 atom stereocenters. The standard InChI is InChI=1S/C6H10N2O4/c9-3-4(10)1-8-2-5(11)7-6(8)12/h4,9-10H,1-3H2,(H,7,11,12). The van der Waals surface area contributed by atoms with Gasteiger partial charge in [-0.2, -0.15) is 0 Å². The van der Waals surface area contributed by atoms with Gasteiger partial charge in [0.2, 0.25) is 5.91 Å². The van der Waals surface area contributed by atoms with Crippen molar-refractivity contribution in [2.24, 2.45) is 0 Å². The van der Waals surface area contributed by atoms with Gasteiger partial charge in [-0.05, 0) is 0 Å². The predicted octanol–water partition coefficient (Wildman–Crippen LogP) is -2.11. The summed E-state index contributed by atoms with van der Waals surface area (Å²) in [6.07, 6.45) is -0.985. The normalized spacial score (nSPS) is 19.7. The van der Waals surface area contributed by atoms with Gasteiger partial charge < -0.3 is 15.1 Å². The summed E-state index contributed by atoms with van der Waals surface area (Å²) in [5.41, 5.74) is 0. The van der Waals surface area contributed by atoms with Crippen LogP contribution in [0.3, 0.4) is 0 Å². The number of aliphatic hydroxyl groups excluding tert-OH is 2. The van der Waals surface area contributed by atoms with Crippen molar-refractivity contribution in [1.82, 2.24) is 10.2 Å². The van der Waals surface area contributed by atoms with Gasteiger partial charge >= 0.3 is 6.03 Å². The van der Waals surface area contributed by atoms with Crippen LogP contribution in [0.4, 0.5) is 4.79 Å². The van der Waals surface area contributed by atoms with Crippen LogP contribution in [0.15, 0.2) is 0 Å². The highest BCUT2D eigenvalue weighted by atomic mass is 16.3. The number of carbonyl (C=O) groups excluding carboxylic acids is 2. The van der Waals surface area contributed by atoms with Gasteiger partial charge in [-0.25, -0.2) is 4.79 Å². The Bertz CT molecular complexity index is 206. The Kier molecular flexibility index (Phi) is 2.61. The number of amides is 3. The van der Waals surface area contributed by atoms with E-state index in [1.807, 2.05) is 0 Å². The van der Waals surface area contributed by atoms with Gasteiger partial charge in [-0.1, -0.05) is 0 Å². The average molecular weight is 174 g/mol. The lowest BCUT2D eigenvalue weighted by Crippen LogP contribution is -2.36. The number of carbonyl (C=O) groups is 2. The maximum absolute atomic E-state index is 10.8. The van der Waals surface area contributed by atoms with Crippen molar-refractivity contribution in [2.75, 3.05) is 19.7 Å². The van der Waals surface area contributed by atoms with Gasteiger partial charge in [0, 0.05) is 0 Å². The molecular weight excluding hydrogens is 164 g/mol. The molecule has 0 radical (unpaired) electrons. The van der Waals surface area contributed by atoms with E-state index >= 15 is 0 Å². The predicted molar refractivity (Wildman–Crippen MR) is 38.2 cm³/mol. The fraction of sp³-hybridized carbons (Fsp3) is 0.667. The molecule has 3 N–H and O–H groups in total. The molecule has 1 saturated heterocycles. The average Bonchev–Trinajstić information content (AvgIpc) is 2.30. The largest absolute Gasteiger partial charge is 0.394 e. The van der Waals surface area contributed by atoms with Gasteiger partial charge in [0.25, 0.3) is 0 Å². The van der Waals surface area contributed by atoms with Crippen molar-refractivity contribution in [2.45, 2.75) is 6.10 Å². The molecule has 0 bridgehead atoms. The number of aliphatic hydroxyl groups is 2. The summed E-state index contributed by atoms with van der Waals surface area (Å²) in [7, 11) is 0. The molecule has 1 heterocycles. The van der Waals surface area contributed by atoms with E-state index in [1.54, 1.807) is 0 Å². The first kappa shape index (κ1) is 8.95. The minimum atomic E-state index is -0.985. The summed E-state index contributed by atoms with van der Waals surface area (Å²) in [5.74, 6) is -0.384. The Hall–Kier alpha value is -1.14. The Morgan fingerprint density at radius 1 is 1.58 bits per heavy atom. The van der Waals surface area contributed by atoms with Gasteiger partial charge in [-0.15, -0.1) is 0 Å².